The Bertz CT molecular complexity index is 276. The number of nitrogens with one attached hydrogen (secondary N) is 1. The van der Waals surface area contributed by atoms with Crippen molar-refractivity contribution in [3.8, 4) is 0 Å². The molecule has 0 spiro atoms. The van der Waals surface area contributed by atoms with Gasteiger partial charge in [0.2, 0.25) is 0 Å². The van der Waals surface area contributed by atoms with Crippen molar-refractivity contribution < 1.29 is 4.79 Å². The smallest absolute Gasteiger partial charge is 0.151 e. The molecule has 0 aliphatic carbocycles. The van der Waals surface area contributed by atoms with Crippen LogP contribution >= 0.6 is 0 Å². The molecule has 3 nitrogen and oxygen atoms in total. The number of rotatable bonds is 10. The zero-order valence-electron chi connectivity index (χ0n) is 13.6. The fraction of sp³-hybridized carbons (Fsp3) is 0.812. The highest BCUT2D eigenvalue weighted by molar-refractivity contribution is 5.85. The van der Waals surface area contributed by atoms with Crippen molar-refractivity contribution in [2.75, 3.05) is 20.6 Å². The van der Waals surface area contributed by atoms with Crippen molar-refractivity contribution in [2.45, 2.75) is 52.6 Å². The molecule has 0 bridgehead atoms. The van der Waals surface area contributed by atoms with Crippen LogP contribution in [-0.4, -0.2) is 43.4 Å². The minimum Gasteiger partial charge on any atom is -0.315 e. The van der Waals surface area contributed by atoms with Crippen LogP contribution in [0.4, 0.5) is 0 Å². The Morgan fingerprint density at radius 3 is 2.32 bits per heavy atom. The minimum atomic E-state index is -0.0691. The maximum absolute atomic E-state index is 12.6. The summed E-state index contributed by atoms with van der Waals surface area (Å²) in [6.07, 6.45) is 3.57. The highest BCUT2D eigenvalue weighted by Crippen LogP contribution is 2.18. The van der Waals surface area contributed by atoms with Crippen molar-refractivity contribution in [1.29, 1.82) is 0 Å². The van der Waals surface area contributed by atoms with Gasteiger partial charge in [-0.05, 0) is 25.9 Å². The predicted octanol–water partition coefficient (Wildman–Crippen LogP) is 2.72. The molecule has 0 rings (SSSR count). The van der Waals surface area contributed by atoms with Gasteiger partial charge >= 0.3 is 0 Å². The molecule has 3 heteroatoms. The third-order valence-corrected chi connectivity index (χ3v) is 3.76. The van der Waals surface area contributed by atoms with Gasteiger partial charge in [-0.2, -0.15) is 0 Å². The first-order valence-electron chi connectivity index (χ1n) is 7.40. The summed E-state index contributed by atoms with van der Waals surface area (Å²) in [5, 5.41) is 3.35. The van der Waals surface area contributed by atoms with E-state index >= 15 is 0 Å². The molecule has 0 saturated heterocycles. The molecule has 0 heterocycles. The second kappa shape index (κ2) is 9.27. The molecule has 0 aliphatic rings. The van der Waals surface area contributed by atoms with Crippen LogP contribution in [0.1, 0.15) is 40.5 Å². The molecule has 1 N–H and O–H groups in total. The van der Waals surface area contributed by atoms with E-state index in [0.717, 1.165) is 13.0 Å². The lowest BCUT2D eigenvalue weighted by Gasteiger charge is -2.36. The zero-order chi connectivity index (χ0) is 15.0. The van der Waals surface area contributed by atoms with E-state index in [1.54, 1.807) is 0 Å². The van der Waals surface area contributed by atoms with Crippen LogP contribution in [0.15, 0.2) is 12.7 Å². The van der Waals surface area contributed by atoms with E-state index in [-0.39, 0.29) is 12.1 Å². The molecule has 0 amide bonds. The summed E-state index contributed by atoms with van der Waals surface area (Å²) in [6, 6.07) is 0.126. The Morgan fingerprint density at radius 1 is 1.37 bits per heavy atom. The third kappa shape index (κ3) is 5.87. The number of Topliss-reactive ketones (excluding diaryl/α,β-unsaturated/α-hetero) is 1. The van der Waals surface area contributed by atoms with Gasteiger partial charge in [-0.1, -0.05) is 40.2 Å². The second-order valence-corrected chi connectivity index (χ2v) is 5.94. The molecule has 0 radical (unpaired) electrons. The number of hydrogen-bond acceptors (Lipinski definition) is 3. The SMILES string of the molecule is C=CCN(C)C(C(=O)CC(C)C)C(NC)C(C)CC. The summed E-state index contributed by atoms with van der Waals surface area (Å²) in [6.45, 7) is 13.1. The molecule has 0 aromatic heterocycles. The summed E-state index contributed by atoms with van der Waals surface area (Å²) in [5.74, 6) is 1.21. The van der Waals surface area contributed by atoms with E-state index < -0.39 is 0 Å². The van der Waals surface area contributed by atoms with Gasteiger partial charge in [-0.3, -0.25) is 9.69 Å². The maximum Gasteiger partial charge on any atom is 0.151 e. The number of nitrogens with zero attached hydrogens (tertiary/aromatic N) is 1. The Hall–Kier alpha value is -0.670. The number of carbonyl (C=O) groups is 1. The van der Waals surface area contributed by atoms with Gasteiger partial charge in [0.05, 0.1) is 6.04 Å². The molecule has 0 saturated carbocycles. The number of ketones is 1. The summed E-state index contributed by atoms with van der Waals surface area (Å²) >= 11 is 0. The van der Waals surface area contributed by atoms with Crippen molar-refractivity contribution in [1.82, 2.24) is 10.2 Å². The number of hydrogen-bond donors (Lipinski definition) is 1. The first kappa shape index (κ1) is 18.3. The molecule has 0 fully saturated rings. The van der Waals surface area contributed by atoms with E-state index in [2.05, 4.69) is 44.5 Å². The Labute approximate surface area is 119 Å². The molecular weight excluding hydrogens is 236 g/mol. The van der Waals surface area contributed by atoms with E-state index in [1.807, 2.05) is 20.2 Å². The van der Waals surface area contributed by atoms with E-state index in [0.29, 0.717) is 24.0 Å². The lowest BCUT2D eigenvalue weighted by atomic mass is 9.87. The minimum absolute atomic E-state index is 0.0691. The fourth-order valence-corrected chi connectivity index (χ4v) is 2.57. The molecule has 19 heavy (non-hydrogen) atoms. The van der Waals surface area contributed by atoms with Gasteiger partial charge in [0, 0.05) is 19.0 Å². The van der Waals surface area contributed by atoms with Gasteiger partial charge in [-0.25, -0.2) is 0 Å². The molecule has 3 unspecified atom stereocenters. The molecule has 0 aromatic carbocycles. The highest BCUT2D eigenvalue weighted by Gasteiger charge is 2.33. The molecular formula is C16H32N2O. The predicted molar refractivity (Wildman–Crippen MR) is 83.4 cm³/mol. The number of carbonyl (C=O) groups excluding carboxylic acids is 1. The van der Waals surface area contributed by atoms with E-state index in [9.17, 15) is 4.79 Å². The average Bonchev–Trinajstić information content (AvgIpc) is 2.33. The van der Waals surface area contributed by atoms with Crippen molar-refractivity contribution >= 4 is 5.78 Å². The summed E-state index contributed by atoms with van der Waals surface area (Å²) in [5.41, 5.74) is 0. The van der Waals surface area contributed by atoms with Gasteiger partial charge in [0.1, 0.15) is 0 Å². The zero-order valence-corrected chi connectivity index (χ0v) is 13.6. The van der Waals surface area contributed by atoms with Crippen LogP contribution in [0, 0.1) is 11.8 Å². The van der Waals surface area contributed by atoms with E-state index in [1.165, 1.54) is 0 Å². The summed E-state index contributed by atoms with van der Waals surface area (Å²) in [7, 11) is 3.96. The van der Waals surface area contributed by atoms with Crippen LogP contribution in [0.25, 0.3) is 0 Å². The van der Waals surface area contributed by atoms with Crippen molar-refractivity contribution in [2.24, 2.45) is 11.8 Å². The largest absolute Gasteiger partial charge is 0.315 e. The fourth-order valence-electron chi connectivity index (χ4n) is 2.57. The van der Waals surface area contributed by atoms with Crippen LogP contribution in [0.3, 0.4) is 0 Å². The van der Waals surface area contributed by atoms with Crippen molar-refractivity contribution in [3.63, 3.8) is 0 Å². The summed E-state index contributed by atoms with van der Waals surface area (Å²) < 4.78 is 0. The molecule has 0 aromatic rings. The van der Waals surface area contributed by atoms with Gasteiger partial charge < -0.3 is 5.32 Å². The van der Waals surface area contributed by atoms with Gasteiger partial charge in [0.25, 0.3) is 0 Å². The van der Waals surface area contributed by atoms with Gasteiger partial charge in [-0.15, -0.1) is 6.58 Å². The maximum atomic E-state index is 12.6. The van der Waals surface area contributed by atoms with Crippen LogP contribution in [0.5, 0.6) is 0 Å². The first-order valence-corrected chi connectivity index (χ1v) is 7.40. The topological polar surface area (TPSA) is 32.3 Å². The quantitative estimate of drug-likeness (QED) is 0.618. The lowest BCUT2D eigenvalue weighted by Crippen LogP contribution is -2.55. The van der Waals surface area contributed by atoms with Crippen LogP contribution < -0.4 is 5.32 Å². The normalized spacial score (nSPS) is 16.4. The van der Waals surface area contributed by atoms with Gasteiger partial charge in [0.15, 0.2) is 5.78 Å². The highest BCUT2D eigenvalue weighted by atomic mass is 16.1. The third-order valence-electron chi connectivity index (χ3n) is 3.76. The Morgan fingerprint density at radius 2 is 1.95 bits per heavy atom. The number of likely N-dealkylation sites (N-methyl/N-ethyl adjacent to an activating group) is 2. The Balaban J connectivity index is 5.11. The molecule has 0 aliphatic heterocycles. The second-order valence-electron chi connectivity index (χ2n) is 5.94. The lowest BCUT2D eigenvalue weighted by molar-refractivity contribution is -0.126. The Kier molecular flexibility index (Phi) is 8.94. The molecule has 112 valence electrons. The first-order chi connectivity index (χ1) is 8.88. The van der Waals surface area contributed by atoms with Crippen LogP contribution in [-0.2, 0) is 4.79 Å². The van der Waals surface area contributed by atoms with E-state index in [4.69, 9.17) is 0 Å². The molecule has 3 atom stereocenters. The summed E-state index contributed by atoms with van der Waals surface area (Å²) in [4.78, 5) is 14.7. The van der Waals surface area contributed by atoms with Crippen LogP contribution in [0.2, 0.25) is 0 Å². The monoisotopic (exact) mass is 268 g/mol. The average molecular weight is 268 g/mol. The standard InChI is InChI=1S/C16H32N2O/c1-8-10-18(7)16(14(19)11-12(3)4)15(17-6)13(5)9-2/h8,12-13,15-17H,1,9-11H2,2-7H3. The van der Waals surface area contributed by atoms with Crippen molar-refractivity contribution in [3.05, 3.63) is 12.7 Å².